The third-order valence-corrected chi connectivity index (χ3v) is 4.20. The second-order valence-electron chi connectivity index (χ2n) is 5.70. The minimum Gasteiger partial charge on any atom is -0.352 e. The van der Waals surface area contributed by atoms with Gasteiger partial charge in [0.25, 0.3) is 0 Å². The molecule has 2 unspecified atom stereocenters. The molecule has 0 bridgehead atoms. The molecule has 2 fully saturated rings. The van der Waals surface area contributed by atoms with Crippen molar-refractivity contribution in [2.75, 3.05) is 13.1 Å². The molecule has 17 heavy (non-hydrogen) atoms. The van der Waals surface area contributed by atoms with Gasteiger partial charge in [0.15, 0.2) is 0 Å². The van der Waals surface area contributed by atoms with Crippen molar-refractivity contribution in [3.05, 3.63) is 0 Å². The first-order chi connectivity index (χ1) is 8.29. The highest BCUT2D eigenvalue weighted by Crippen LogP contribution is 2.28. The fraction of sp³-hybridized carbons (Fsp3) is 0.929. The molecule has 0 saturated heterocycles. The maximum absolute atomic E-state index is 11.8. The van der Waals surface area contributed by atoms with Crippen molar-refractivity contribution in [3.63, 3.8) is 0 Å². The standard InChI is InChI=1S/C14H26N2O/c1-2-12-5-3-4-6-13(12)16-14(17)10-15-9-11-7-8-11/h11-13,15H,2-10H2,1H3,(H,16,17). The van der Waals surface area contributed by atoms with E-state index < -0.39 is 0 Å². The molecule has 0 aromatic carbocycles. The lowest BCUT2D eigenvalue weighted by molar-refractivity contribution is -0.121. The molecule has 2 rings (SSSR count). The number of hydrogen-bond acceptors (Lipinski definition) is 2. The van der Waals surface area contributed by atoms with Crippen molar-refractivity contribution < 1.29 is 4.79 Å². The van der Waals surface area contributed by atoms with Gasteiger partial charge in [0, 0.05) is 6.04 Å². The van der Waals surface area contributed by atoms with E-state index in [1.807, 2.05) is 0 Å². The Hall–Kier alpha value is -0.570. The van der Waals surface area contributed by atoms with Crippen molar-refractivity contribution in [3.8, 4) is 0 Å². The third-order valence-electron chi connectivity index (χ3n) is 4.20. The minimum absolute atomic E-state index is 0.191. The smallest absolute Gasteiger partial charge is 0.234 e. The maximum atomic E-state index is 11.8. The van der Waals surface area contributed by atoms with Crippen molar-refractivity contribution in [1.29, 1.82) is 0 Å². The zero-order valence-electron chi connectivity index (χ0n) is 11.0. The molecule has 3 nitrogen and oxygen atoms in total. The fourth-order valence-electron chi connectivity index (χ4n) is 2.86. The number of amides is 1. The Labute approximate surface area is 105 Å². The van der Waals surface area contributed by atoms with Crippen LogP contribution in [-0.4, -0.2) is 25.0 Å². The lowest BCUT2D eigenvalue weighted by Gasteiger charge is -2.31. The summed E-state index contributed by atoms with van der Waals surface area (Å²) in [5, 5.41) is 6.47. The first-order valence-corrected chi connectivity index (χ1v) is 7.29. The van der Waals surface area contributed by atoms with Crippen LogP contribution in [0, 0.1) is 11.8 Å². The van der Waals surface area contributed by atoms with Crippen LogP contribution in [0.5, 0.6) is 0 Å². The molecule has 2 N–H and O–H groups in total. The number of rotatable bonds is 6. The van der Waals surface area contributed by atoms with Crippen molar-refractivity contribution in [2.24, 2.45) is 11.8 Å². The minimum atomic E-state index is 0.191. The van der Waals surface area contributed by atoms with Gasteiger partial charge in [0.2, 0.25) is 5.91 Å². The normalized spacial score (nSPS) is 29.0. The summed E-state index contributed by atoms with van der Waals surface area (Å²) in [4.78, 5) is 11.8. The van der Waals surface area contributed by atoms with Gasteiger partial charge >= 0.3 is 0 Å². The van der Waals surface area contributed by atoms with Crippen LogP contribution in [0.4, 0.5) is 0 Å². The van der Waals surface area contributed by atoms with E-state index in [4.69, 9.17) is 0 Å². The van der Waals surface area contributed by atoms with E-state index in [-0.39, 0.29) is 5.91 Å². The molecule has 0 aromatic heterocycles. The summed E-state index contributed by atoms with van der Waals surface area (Å²) in [7, 11) is 0. The molecule has 2 aliphatic carbocycles. The van der Waals surface area contributed by atoms with Crippen molar-refractivity contribution in [1.82, 2.24) is 10.6 Å². The quantitative estimate of drug-likeness (QED) is 0.744. The van der Waals surface area contributed by atoms with E-state index in [1.165, 1.54) is 44.9 Å². The number of carbonyl (C=O) groups is 1. The van der Waals surface area contributed by atoms with E-state index in [0.29, 0.717) is 18.5 Å². The van der Waals surface area contributed by atoms with E-state index >= 15 is 0 Å². The predicted octanol–water partition coefficient (Wildman–Crippen LogP) is 2.07. The molecule has 2 saturated carbocycles. The highest BCUT2D eigenvalue weighted by molar-refractivity contribution is 5.78. The summed E-state index contributed by atoms with van der Waals surface area (Å²) in [6.45, 7) is 3.76. The van der Waals surface area contributed by atoms with Gasteiger partial charge in [-0.3, -0.25) is 4.79 Å². The molecular weight excluding hydrogens is 212 g/mol. The second kappa shape index (κ2) is 6.39. The van der Waals surface area contributed by atoms with Crippen LogP contribution in [0.15, 0.2) is 0 Å². The summed E-state index contributed by atoms with van der Waals surface area (Å²) < 4.78 is 0. The average Bonchev–Trinajstić information content (AvgIpc) is 3.14. The van der Waals surface area contributed by atoms with Crippen molar-refractivity contribution >= 4 is 5.91 Å². The Balaban J connectivity index is 1.64. The molecular formula is C14H26N2O. The van der Waals surface area contributed by atoms with Crippen LogP contribution in [0.3, 0.4) is 0 Å². The van der Waals surface area contributed by atoms with Gasteiger partial charge < -0.3 is 10.6 Å². The lowest BCUT2D eigenvalue weighted by atomic mass is 9.83. The molecule has 2 aliphatic rings. The first kappa shape index (κ1) is 12.9. The highest BCUT2D eigenvalue weighted by Gasteiger charge is 2.25. The summed E-state index contributed by atoms with van der Waals surface area (Å²) in [6.07, 6.45) is 8.95. The third kappa shape index (κ3) is 4.30. The van der Waals surface area contributed by atoms with E-state index in [9.17, 15) is 4.79 Å². The van der Waals surface area contributed by atoms with Gasteiger partial charge in [-0.2, -0.15) is 0 Å². The molecule has 2 atom stereocenters. The number of nitrogens with one attached hydrogen (secondary N) is 2. The van der Waals surface area contributed by atoms with Crippen LogP contribution in [0.2, 0.25) is 0 Å². The van der Waals surface area contributed by atoms with Gasteiger partial charge in [-0.15, -0.1) is 0 Å². The van der Waals surface area contributed by atoms with Crippen LogP contribution in [0.25, 0.3) is 0 Å². The second-order valence-corrected chi connectivity index (χ2v) is 5.70. The SMILES string of the molecule is CCC1CCCCC1NC(=O)CNCC1CC1. The molecule has 0 aliphatic heterocycles. The summed E-state index contributed by atoms with van der Waals surface area (Å²) in [6, 6.07) is 0.434. The Morgan fingerprint density at radius 2 is 1.94 bits per heavy atom. The predicted molar refractivity (Wildman–Crippen MR) is 69.8 cm³/mol. The van der Waals surface area contributed by atoms with Gasteiger partial charge in [-0.25, -0.2) is 0 Å². The van der Waals surface area contributed by atoms with Crippen LogP contribution >= 0.6 is 0 Å². The zero-order valence-corrected chi connectivity index (χ0v) is 11.0. The summed E-state index contributed by atoms with van der Waals surface area (Å²) >= 11 is 0. The highest BCUT2D eigenvalue weighted by atomic mass is 16.1. The summed E-state index contributed by atoms with van der Waals surface area (Å²) in [5.41, 5.74) is 0. The molecule has 1 amide bonds. The molecule has 0 spiro atoms. The molecule has 98 valence electrons. The van der Waals surface area contributed by atoms with Gasteiger partial charge in [-0.1, -0.05) is 26.2 Å². The summed E-state index contributed by atoms with van der Waals surface area (Å²) in [5.74, 6) is 1.74. The Kier molecular flexibility index (Phi) is 4.84. The Morgan fingerprint density at radius 3 is 2.65 bits per heavy atom. The van der Waals surface area contributed by atoms with E-state index in [0.717, 1.165) is 12.5 Å². The molecule has 0 radical (unpaired) electrons. The van der Waals surface area contributed by atoms with Crippen molar-refractivity contribution in [2.45, 2.75) is 57.9 Å². The van der Waals surface area contributed by atoms with Gasteiger partial charge in [0.05, 0.1) is 6.54 Å². The van der Waals surface area contributed by atoms with Crippen LogP contribution in [0.1, 0.15) is 51.9 Å². The molecule has 0 aromatic rings. The monoisotopic (exact) mass is 238 g/mol. The fourth-order valence-corrected chi connectivity index (χ4v) is 2.86. The van der Waals surface area contributed by atoms with Crippen LogP contribution < -0.4 is 10.6 Å². The van der Waals surface area contributed by atoms with Gasteiger partial charge in [-0.05, 0) is 44.1 Å². The molecule has 3 heteroatoms. The average molecular weight is 238 g/mol. The number of carbonyl (C=O) groups excluding carboxylic acids is 1. The number of hydrogen-bond donors (Lipinski definition) is 2. The van der Waals surface area contributed by atoms with E-state index in [2.05, 4.69) is 17.6 Å². The van der Waals surface area contributed by atoms with Crippen LogP contribution in [-0.2, 0) is 4.79 Å². The molecule has 0 heterocycles. The zero-order chi connectivity index (χ0) is 12.1. The Morgan fingerprint density at radius 1 is 1.18 bits per heavy atom. The largest absolute Gasteiger partial charge is 0.352 e. The topological polar surface area (TPSA) is 41.1 Å². The van der Waals surface area contributed by atoms with Gasteiger partial charge in [0.1, 0.15) is 0 Å². The van der Waals surface area contributed by atoms with E-state index in [1.54, 1.807) is 0 Å². The maximum Gasteiger partial charge on any atom is 0.234 e. The lowest BCUT2D eigenvalue weighted by Crippen LogP contribution is -2.45. The Bertz CT molecular complexity index is 251. The first-order valence-electron chi connectivity index (χ1n) is 7.29.